The van der Waals surface area contributed by atoms with Gasteiger partial charge >= 0.3 is 0 Å². The Bertz CT molecular complexity index is 989. The summed E-state index contributed by atoms with van der Waals surface area (Å²) in [5, 5.41) is 7.19. The van der Waals surface area contributed by atoms with Crippen LogP contribution in [0.1, 0.15) is 28.8 Å². The van der Waals surface area contributed by atoms with Gasteiger partial charge in [0.05, 0.1) is 11.5 Å². The smallest absolute Gasteiger partial charge is 0.255 e. The second kappa shape index (κ2) is 9.96. The maximum atomic E-state index is 13.3. The quantitative estimate of drug-likeness (QED) is 0.517. The number of hydrogen-bond acceptors (Lipinski definition) is 4. The van der Waals surface area contributed by atoms with Crippen LogP contribution in [0.5, 0.6) is 0 Å². The van der Waals surface area contributed by atoms with Crippen molar-refractivity contribution in [2.75, 3.05) is 18.4 Å². The van der Waals surface area contributed by atoms with E-state index in [0.717, 1.165) is 34.7 Å². The molecule has 1 saturated heterocycles. The van der Waals surface area contributed by atoms with E-state index < -0.39 is 0 Å². The van der Waals surface area contributed by atoms with Crippen LogP contribution in [0.3, 0.4) is 0 Å². The van der Waals surface area contributed by atoms with E-state index in [1.165, 1.54) is 5.56 Å². The van der Waals surface area contributed by atoms with Gasteiger partial charge in [0.1, 0.15) is 0 Å². The summed E-state index contributed by atoms with van der Waals surface area (Å²) < 4.78 is 0. The average Bonchev–Trinajstić information content (AvgIpc) is 3.32. The summed E-state index contributed by atoms with van der Waals surface area (Å²) in [6.45, 7) is 1.15. The molecule has 0 spiro atoms. The number of likely N-dealkylation sites (tertiary alicyclic amines) is 1. The van der Waals surface area contributed by atoms with Crippen LogP contribution in [0.2, 0.25) is 0 Å². The van der Waals surface area contributed by atoms with Gasteiger partial charge in [-0.3, -0.25) is 9.59 Å². The molecule has 2 amide bonds. The number of amides is 2. The number of rotatable bonds is 6. The molecule has 0 aliphatic carbocycles. The summed E-state index contributed by atoms with van der Waals surface area (Å²) in [5.74, 6) is 0.656. The fourth-order valence-electron chi connectivity index (χ4n) is 3.62. The lowest BCUT2D eigenvalue weighted by Crippen LogP contribution is -2.43. The van der Waals surface area contributed by atoms with Gasteiger partial charge in [-0.1, -0.05) is 30.3 Å². The number of thioether (sulfide) groups is 1. The molecule has 30 heavy (non-hydrogen) atoms. The molecular formula is C24H24N2O2S2. The molecule has 1 N–H and O–H groups in total. The average molecular weight is 437 g/mol. The highest BCUT2D eigenvalue weighted by atomic mass is 32.2. The Morgan fingerprint density at radius 1 is 1.07 bits per heavy atom. The lowest BCUT2D eigenvalue weighted by molar-refractivity contribution is -0.121. The zero-order valence-corrected chi connectivity index (χ0v) is 18.3. The maximum absolute atomic E-state index is 13.3. The van der Waals surface area contributed by atoms with Crippen LogP contribution in [0.15, 0.2) is 76.3 Å². The van der Waals surface area contributed by atoms with Crippen molar-refractivity contribution in [1.29, 1.82) is 0 Å². The minimum Gasteiger partial charge on any atom is -0.338 e. The SMILES string of the molecule is O=C(Nc1ccccc1)C1CCCN(C(=O)c2ccccc2SCc2ccsc2)C1. The standard InChI is InChI=1S/C24H24N2O2S2/c27-23(25-20-8-2-1-3-9-20)19-7-6-13-26(15-19)24(28)21-10-4-5-11-22(21)30-17-18-12-14-29-16-18/h1-5,8-12,14,16,19H,6-7,13,15,17H2,(H,25,27). The normalized spacial score (nSPS) is 16.3. The van der Waals surface area contributed by atoms with E-state index in [2.05, 4.69) is 22.1 Å². The van der Waals surface area contributed by atoms with Crippen LogP contribution < -0.4 is 5.32 Å². The molecule has 1 atom stereocenters. The molecule has 3 aromatic rings. The molecule has 1 fully saturated rings. The first-order chi connectivity index (χ1) is 14.7. The molecule has 0 radical (unpaired) electrons. The van der Waals surface area contributed by atoms with Crippen LogP contribution in [-0.2, 0) is 10.5 Å². The third-order valence-electron chi connectivity index (χ3n) is 5.21. The van der Waals surface area contributed by atoms with E-state index in [0.29, 0.717) is 13.1 Å². The molecule has 6 heteroatoms. The fourth-order valence-corrected chi connectivity index (χ4v) is 5.38. The van der Waals surface area contributed by atoms with Gasteiger partial charge in [-0.05, 0) is 59.5 Å². The first-order valence-electron chi connectivity index (χ1n) is 10.1. The van der Waals surface area contributed by atoms with Crippen LogP contribution in [0.25, 0.3) is 0 Å². The molecule has 1 aromatic heterocycles. The largest absolute Gasteiger partial charge is 0.338 e. The number of carbonyl (C=O) groups excluding carboxylic acids is 2. The molecule has 1 aliphatic heterocycles. The number of benzene rings is 2. The summed E-state index contributed by atoms with van der Waals surface area (Å²) in [6, 6.07) is 19.4. The van der Waals surface area contributed by atoms with Gasteiger partial charge in [0.2, 0.25) is 5.91 Å². The molecule has 0 bridgehead atoms. The van der Waals surface area contributed by atoms with Gasteiger partial charge < -0.3 is 10.2 Å². The molecule has 1 aliphatic rings. The Labute approximate surface area is 185 Å². The van der Waals surface area contributed by atoms with E-state index in [9.17, 15) is 9.59 Å². The first kappa shape index (κ1) is 20.7. The molecular weight excluding hydrogens is 412 g/mol. The van der Waals surface area contributed by atoms with Crippen molar-refractivity contribution in [2.24, 2.45) is 5.92 Å². The summed E-state index contributed by atoms with van der Waals surface area (Å²) in [4.78, 5) is 28.8. The lowest BCUT2D eigenvalue weighted by atomic mass is 9.96. The minimum atomic E-state index is -0.187. The van der Waals surface area contributed by atoms with Crippen molar-refractivity contribution >= 4 is 40.6 Å². The topological polar surface area (TPSA) is 49.4 Å². The molecule has 4 rings (SSSR count). The predicted octanol–water partition coefficient (Wildman–Crippen LogP) is 5.53. The molecule has 4 nitrogen and oxygen atoms in total. The predicted molar refractivity (Wildman–Crippen MR) is 124 cm³/mol. The summed E-state index contributed by atoms with van der Waals surface area (Å²) in [6.07, 6.45) is 1.64. The fraction of sp³-hybridized carbons (Fsp3) is 0.250. The number of nitrogens with one attached hydrogen (secondary N) is 1. The van der Waals surface area contributed by atoms with Crippen LogP contribution in [0.4, 0.5) is 5.69 Å². The lowest BCUT2D eigenvalue weighted by Gasteiger charge is -2.32. The number of para-hydroxylation sites is 1. The summed E-state index contributed by atoms with van der Waals surface area (Å²) in [7, 11) is 0. The third kappa shape index (κ3) is 5.12. The highest BCUT2D eigenvalue weighted by Crippen LogP contribution is 2.29. The monoisotopic (exact) mass is 436 g/mol. The van der Waals surface area contributed by atoms with E-state index in [4.69, 9.17) is 0 Å². The van der Waals surface area contributed by atoms with Crippen molar-refractivity contribution in [2.45, 2.75) is 23.5 Å². The highest BCUT2D eigenvalue weighted by Gasteiger charge is 2.29. The Morgan fingerprint density at radius 3 is 2.67 bits per heavy atom. The van der Waals surface area contributed by atoms with Crippen molar-refractivity contribution < 1.29 is 9.59 Å². The molecule has 2 heterocycles. The molecule has 1 unspecified atom stereocenters. The van der Waals surface area contributed by atoms with E-state index in [1.807, 2.05) is 59.5 Å². The second-order valence-electron chi connectivity index (χ2n) is 7.36. The molecule has 0 saturated carbocycles. The maximum Gasteiger partial charge on any atom is 0.255 e. The number of carbonyl (C=O) groups is 2. The van der Waals surface area contributed by atoms with Crippen molar-refractivity contribution in [1.82, 2.24) is 4.90 Å². The van der Waals surface area contributed by atoms with Crippen LogP contribution >= 0.6 is 23.1 Å². The van der Waals surface area contributed by atoms with Crippen molar-refractivity contribution in [3.05, 3.63) is 82.6 Å². The number of thiophene rings is 1. The number of nitrogens with zero attached hydrogens (tertiary/aromatic N) is 1. The van der Waals surface area contributed by atoms with Crippen molar-refractivity contribution in [3.63, 3.8) is 0 Å². The Morgan fingerprint density at radius 2 is 1.87 bits per heavy atom. The summed E-state index contributed by atoms with van der Waals surface area (Å²) >= 11 is 3.37. The van der Waals surface area contributed by atoms with E-state index >= 15 is 0 Å². The minimum absolute atomic E-state index is 0.0145. The zero-order valence-electron chi connectivity index (χ0n) is 16.6. The van der Waals surface area contributed by atoms with Crippen LogP contribution in [-0.4, -0.2) is 29.8 Å². The van der Waals surface area contributed by atoms with Gasteiger partial charge in [0, 0.05) is 29.4 Å². The van der Waals surface area contributed by atoms with E-state index in [-0.39, 0.29) is 17.7 Å². The highest BCUT2D eigenvalue weighted by molar-refractivity contribution is 7.98. The van der Waals surface area contributed by atoms with E-state index in [1.54, 1.807) is 23.1 Å². The zero-order chi connectivity index (χ0) is 20.8. The van der Waals surface area contributed by atoms with Gasteiger partial charge in [-0.25, -0.2) is 0 Å². The second-order valence-corrected chi connectivity index (χ2v) is 9.16. The number of hydrogen-bond donors (Lipinski definition) is 1. The Balaban J connectivity index is 1.42. The Kier molecular flexibility index (Phi) is 6.87. The van der Waals surface area contributed by atoms with Crippen molar-refractivity contribution in [3.8, 4) is 0 Å². The van der Waals surface area contributed by atoms with Crippen LogP contribution in [0, 0.1) is 5.92 Å². The van der Waals surface area contributed by atoms with Gasteiger partial charge in [0.25, 0.3) is 5.91 Å². The molecule has 2 aromatic carbocycles. The third-order valence-corrected chi connectivity index (χ3v) is 7.09. The first-order valence-corrected chi connectivity index (χ1v) is 12.0. The van der Waals surface area contributed by atoms with Gasteiger partial charge in [0.15, 0.2) is 0 Å². The van der Waals surface area contributed by atoms with Gasteiger partial charge in [-0.2, -0.15) is 11.3 Å². The number of anilines is 1. The molecule has 154 valence electrons. The Hall–Kier alpha value is -2.57. The summed E-state index contributed by atoms with van der Waals surface area (Å²) in [5.41, 5.74) is 2.78. The number of piperidine rings is 1. The van der Waals surface area contributed by atoms with Gasteiger partial charge in [-0.15, -0.1) is 11.8 Å².